The first-order valence-electron chi connectivity index (χ1n) is 9.63. The van der Waals surface area contributed by atoms with Crippen LogP contribution < -0.4 is 10.5 Å². The van der Waals surface area contributed by atoms with E-state index >= 15 is 0 Å². The van der Waals surface area contributed by atoms with Crippen molar-refractivity contribution in [1.29, 1.82) is 0 Å². The lowest BCUT2D eigenvalue weighted by Gasteiger charge is -2.38. The number of para-hydroxylation sites is 1. The summed E-state index contributed by atoms with van der Waals surface area (Å²) in [5.41, 5.74) is 6.92. The molecular formula is C21H31N3O5. The number of nitrogens with two attached hydrogens (primary N) is 1. The van der Waals surface area contributed by atoms with Crippen LogP contribution >= 0.6 is 0 Å². The maximum Gasteiger partial charge on any atom is 0.409 e. The zero-order chi connectivity index (χ0) is 21.6. The van der Waals surface area contributed by atoms with Gasteiger partial charge in [-0.2, -0.15) is 0 Å². The Hall–Kier alpha value is -2.74. The molecular weight excluding hydrogens is 374 g/mol. The molecule has 1 aliphatic rings. The first-order chi connectivity index (χ1) is 13.8. The molecule has 1 aromatic rings. The summed E-state index contributed by atoms with van der Waals surface area (Å²) in [6.45, 7) is 8.75. The molecule has 2 rings (SSSR count). The molecule has 0 unspecified atom stereocenters. The number of methoxy groups -OCH3 is 1. The topological polar surface area (TPSA) is 94.3 Å². The number of ether oxygens (including phenoxy) is 3. The van der Waals surface area contributed by atoms with Gasteiger partial charge in [0.2, 0.25) is 0 Å². The van der Waals surface area contributed by atoms with Crippen LogP contribution in [0, 0.1) is 5.92 Å². The lowest BCUT2D eigenvalue weighted by molar-refractivity contribution is 0.0292. The summed E-state index contributed by atoms with van der Waals surface area (Å²) in [5.74, 6) is 0.123. The van der Waals surface area contributed by atoms with E-state index in [-0.39, 0.29) is 37.1 Å². The Morgan fingerprint density at radius 2 is 2.24 bits per heavy atom. The van der Waals surface area contributed by atoms with E-state index < -0.39 is 6.09 Å². The Morgan fingerprint density at radius 3 is 2.90 bits per heavy atom. The van der Waals surface area contributed by atoms with E-state index in [1.54, 1.807) is 37.3 Å². The van der Waals surface area contributed by atoms with Gasteiger partial charge in [0.1, 0.15) is 12.7 Å². The second kappa shape index (κ2) is 10.2. The van der Waals surface area contributed by atoms with Gasteiger partial charge in [-0.3, -0.25) is 4.79 Å². The summed E-state index contributed by atoms with van der Waals surface area (Å²) in [6.07, 6.45) is 0.660. The number of fused-ring (bicyclic) bond motifs is 1. The van der Waals surface area contributed by atoms with Crippen molar-refractivity contribution in [3.8, 4) is 5.75 Å². The number of amides is 2. The van der Waals surface area contributed by atoms with Crippen LogP contribution in [0.3, 0.4) is 0 Å². The summed E-state index contributed by atoms with van der Waals surface area (Å²) in [4.78, 5) is 28.6. The lowest BCUT2D eigenvalue weighted by Crippen LogP contribution is -2.50. The second-order valence-electron chi connectivity index (χ2n) is 7.37. The van der Waals surface area contributed by atoms with Gasteiger partial charge in [0.25, 0.3) is 5.91 Å². The van der Waals surface area contributed by atoms with E-state index in [1.807, 2.05) is 13.8 Å². The highest BCUT2D eigenvalue weighted by atomic mass is 16.6. The van der Waals surface area contributed by atoms with Gasteiger partial charge in [0.05, 0.1) is 30.4 Å². The number of nitrogens with zero attached hydrogens (tertiary/aromatic N) is 2. The molecule has 0 saturated carbocycles. The molecule has 160 valence electrons. The summed E-state index contributed by atoms with van der Waals surface area (Å²) in [6, 6.07) is 5.00. The third-order valence-corrected chi connectivity index (χ3v) is 4.96. The molecule has 1 heterocycles. The molecule has 0 radical (unpaired) electrons. The van der Waals surface area contributed by atoms with Gasteiger partial charge in [0.15, 0.2) is 5.75 Å². The maximum absolute atomic E-state index is 13.2. The molecule has 8 heteroatoms. The van der Waals surface area contributed by atoms with Crippen LogP contribution in [0.5, 0.6) is 5.75 Å². The van der Waals surface area contributed by atoms with Crippen molar-refractivity contribution in [3.63, 3.8) is 0 Å². The highest BCUT2D eigenvalue weighted by Crippen LogP contribution is 2.33. The number of hydrogen-bond donors (Lipinski definition) is 1. The molecule has 0 aromatic heterocycles. The summed E-state index contributed by atoms with van der Waals surface area (Å²) in [7, 11) is 3.25. The van der Waals surface area contributed by atoms with Crippen LogP contribution in [-0.2, 0) is 9.47 Å². The molecule has 0 saturated heterocycles. The number of benzene rings is 1. The van der Waals surface area contributed by atoms with Crippen molar-refractivity contribution >= 4 is 17.7 Å². The molecule has 1 aliphatic heterocycles. The monoisotopic (exact) mass is 405 g/mol. The highest BCUT2D eigenvalue weighted by Gasteiger charge is 2.34. The standard InChI is InChI=1S/C21H31N3O5/c1-6-10-28-21(26)23(4)12-18-14(2)11-24(15(3)13-27-5)20(25)16-8-7-9-17(22)19(16)29-18/h6-9,14-15,18H,1,10-13,22H2,2-5H3/t14-,15+,18+/m1/s1. The van der Waals surface area contributed by atoms with Crippen LogP contribution in [0.2, 0.25) is 0 Å². The minimum absolute atomic E-state index is 0.0688. The van der Waals surface area contributed by atoms with Gasteiger partial charge >= 0.3 is 6.09 Å². The van der Waals surface area contributed by atoms with Gasteiger partial charge in [0, 0.05) is 26.6 Å². The van der Waals surface area contributed by atoms with Gasteiger partial charge in [-0.1, -0.05) is 25.6 Å². The average molecular weight is 405 g/mol. The fraction of sp³-hybridized carbons (Fsp3) is 0.524. The van der Waals surface area contributed by atoms with Crippen LogP contribution in [0.25, 0.3) is 0 Å². The third kappa shape index (κ3) is 5.41. The minimum Gasteiger partial charge on any atom is -0.485 e. The molecule has 8 nitrogen and oxygen atoms in total. The van der Waals surface area contributed by atoms with E-state index in [0.717, 1.165) is 0 Å². The van der Waals surface area contributed by atoms with E-state index in [1.165, 1.54) is 11.0 Å². The summed E-state index contributed by atoms with van der Waals surface area (Å²) < 4.78 is 16.5. The first-order valence-corrected chi connectivity index (χ1v) is 9.63. The van der Waals surface area contributed by atoms with Crippen LogP contribution in [0.4, 0.5) is 10.5 Å². The zero-order valence-corrected chi connectivity index (χ0v) is 17.6. The van der Waals surface area contributed by atoms with Crippen molar-refractivity contribution in [3.05, 3.63) is 36.4 Å². The highest BCUT2D eigenvalue weighted by molar-refractivity contribution is 5.99. The second-order valence-corrected chi connectivity index (χ2v) is 7.37. The Labute approximate surface area is 172 Å². The number of hydrogen-bond acceptors (Lipinski definition) is 6. The smallest absolute Gasteiger partial charge is 0.409 e. The molecule has 0 spiro atoms. The fourth-order valence-corrected chi connectivity index (χ4v) is 3.30. The molecule has 0 bridgehead atoms. The number of rotatable bonds is 7. The SMILES string of the molecule is C=CCOC(=O)N(C)C[C@@H]1Oc2c(N)cccc2C(=O)N([C@@H](C)COC)C[C@H]1C. The predicted molar refractivity (Wildman–Crippen MR) is 111 cm³/mol. The van der Waals surface area contributed by atoms with E-state index in [0.29, 0.717) is 30.2 Å². The molecule has 2 N–H and O–H groups in total. The first kappa shape index (κ1) is 22.5. The molecule has 29 heavy (non-hydrogen) atoms. The number of nitrogen functional groups attached to an aromatic ring is 1. The molecule has 3 atom stereocenters. The molecule has 1 aromatic carbocycles. The van der Waals surface area contributed by atoms with Gasteiger partial charge in [-0.15, -0.1) is 0 Å². The van der Waals surface area contributed by atoms with Crippen LogP contribution in [0.1, 0.15) is 24.2 Å². The quantitative estimate of drug-likeness (QED) is 0.553. The van der Waals surface area contributed by atoms with Crippen molar-refractivity contribution < 1.29 is 23.8 Å². The largest absolute Gasteiger partial charge is 0.485 e. The van der Waals surface area contributed by atoms with Crippen molar-refractivity contribution in [2.75, 3.05) is 46.2 Å². The zero-order valence-electron chi connectivity index (χ0n) is 17.6. The maximum atomic E-state index is 13.2. The Morgan fingerprint density at radius 1 is 1.52 bits per heavy atom. The predicted octanol–water partition coefficient (Wildman–Crippen LogP) is 2.40. The van der Waals surface area contributed by atoms with Gasteiger partial charge < -0.3 is 29.7 Å². The molecule has 0 aliphatic carbocycles. The third-order valence-electron chi connectivity index (χ3n) is 4.96. The molecule has 2 amide bonds. The Kier molecular flexibility index (Phi) is 7.90. The Bertz CT molecular complexity index is 739. The van der Waals surface area contributed by atoms with Crippen LogP contribution in [0.15, 0.2) is 30.9 Å². The lowest BCUT2D eigenvalue weighted by atomic mass is 9.99. The number of carbonyl (C=O) groups is 2. The van der Waals surface area contributed by atoms with Crippen molar-refractivity contribution in [1.82, 2.24) is 9.80 Å². The van der Waals surface area contributed by atoms with E-state index in [2.05, 4.69) is 6.58 Å². The Balaban J connectivity index is 2.34. The van der Waals surface area contributed by atoms with E-state index in [4.69, 9.17) is 19.9 Å². The number of carbonyl (C=O) groups excluding carboxylic acids is 2. The van der Waals surface area contributed by atoms with E-state index in [9.17, 15) is 9.59 Å². The van der Waals surface area contributed by atoms with Gasteiger partial charge in [-0.05, 0) is 19.1 Å². The normalized spacial score (nSPS) is 20.0. The number of anilines is 1. The van der Waals surface area contributed by atoms with Crippen molar-refractivity contribution in [2.24, 2.45) is 5.92 Å². The molecule has 0 fully saturated rings. The number of likely N-dealkylation sites (N-methyl/N-ethyl adjacent to an activating group) is 1. The summed E-state index contributed by atoms with van der Waals surface area (Å²) in [5, 5.41) is 0. The fourth-order valence-electron chi connectivity index (χ4n) is 3.30. The average Bonchev–Trinajstić information content (AvgIpc) is 2.69. The van der Waals surface area contributed by atoms with Crippen molar-refractivity contribution in [2.45, 2.75) is 26.0 Å². The van der Waals surface area contributed by atoms with Crippen LogP contribution in [-0.4, -0.2) is 74.4 Å². The van der Waals surface area contributed by atoms with Gasteiger partial charge in [-0.25, -0.2) is 4.79 Å². The summed E-state index contributed by atoms with van der Waals surface area (Å²) >= 11 is 0. The minimum atomic E-state index is -0.468.